The third-order valence-electron chi connectivity index (χ3n) is 3.84. The van der Waals surface area contributed by atoms with Crippen molar-refractivity contribution in [2.45, 2.75) is 18.9 Å². The van der Waals surface area contributed by atoms with Gasteiger partial charge in [0.05, 0.1) is 29.8 Å². The molecule has 1 aromatic carbocycles. The molecule has 1 atom stereocenters. The zero-order chi connectivity index (χ0) is 17.0. The molecule has 0 spiro atoms. The van der Waals surface area contributed by atoms with E-state index in [1.165, 1.54) is 0 Å². The number of aromatic nitrogens is 1. The highest BCUT2D eigenvalue weighted by Gasteiger charge is 2.27. The minimum atomic E-state index is -2.92. The van der Waals surface area contributed by atoms with Gasteiger partial charge in [0.15, 0.2) is 9.84 Å². The number of pyridine rings is 1. The highest BCUT2D eigenvalue weighted by atomic mass is 32.2. The Bertz CT molecular complexity index is 805. The molecule has 1 aliphatic rings. The van der Waals surface area contributed by atoms with Crippen LogP contribution >= 0.6 is 0 Å². The van der Waals surface area contributed by atoms with Crippen molar-refractivity contribution >= 4 is 27.2 Å². The molecule has 0 saturated carbocycles. The van der Waals surface area contributed by atoms with Gasteiger partial charge in [0, 0.05) is 6.04 Å². The first-order valence-corrected chi connectivity index (χ1v) is 9.59. The fourth-order valence-corrected chi connectivity index (χ4v) is 4.33. The standard InChI is InChI=1S/C17H19N3O3S/c21-17(10-13-4-2-1-3-5-13)20-14-6-7-16(18-11-14)19-15-8-9-24(22,23)12-15/h1-7,11,15H,8-10,12H2,(H,18,19)(H,20,21). The summed E-state index contributed by atoms with van der Waals surface area (Å²) in [4.78, 5) is 16.2. The summed E-state index contributed by atoms with van der Waals surface area (Å²) in [7, 11) is -2.92. The highest BCUT2D eigenvalue weighted by Crippen LogP contribution is 2.17. The Morgan fingerprint density at radius 3 is 2.58 bits per heavy atom. The number of nitrogens with zero attached hydrogens (tertiary/aromatic N) is 1. The fourth-order valence-electron chi connectivity index (χ4n) is 2.66. The van der Waals surface area contributed by atoms with Crippen molar-refractivity contribution < 1.29 is 13.2 Å². The average Bonchev–Trinajstić information content (AvgIpc) is 2.89. The molecule has 0 bridgehead atoms. The molecule has 0 aliphatic carbocycles. The smallest absolute Gasteiger partial charge is 0.228 e. The van der Waals surface area contributed by atoms with E-state index in [1.807, 2.05) is 30.3 Å². The number of anilines is 2. The van der Waals surface area contributed by atoms with E-state index in [4.69, 9.17) is 0 Å². The molecule has 1 unspecified atom stereocenters. The van der Waals surface area contributed by atoms with Gasteiger partial charge in [0.2, 0.25) is 5.91 Å². The molecule has 0 radical (unpaired) electrons. The summed E-state index contributed by atoms with van der Waals surface area (Å²) in [5.41, 5.74) is 1.56. The summed E-state index contributed by atoms with van der Waals surface area (Å²) in [6.45, 7) is 0. The lowest BCUT2D eigenvalue weighted by molar-refractivity contribution is -0.115. The molecule has 1 fully saturated rings. The van der Waals surface area contributed by atoms with Crippen molar-refractivity contribution in [1.82, 2.24) is 4.98 Å². The van der Waals surface area contributed by atoms with Crippen LogP contribution < -0.4 is 10.6 Å². The Balaban J connectivity index is 1.54. The molecule has 1 amide bonds. The summed E-state index contributed by atoms with van der Waals surface area (Å²) in [6.07, 6.45) is 2.47. The maximum Gasteiger partial charge on any atom is 0.228 e. The highest BCUT2D eigenvalue weighted by molar-refractivity contribution is 7.91. The summed E-state index contributed by atoms with van der Waals surface area (Å²) >= 11 is 0. The molecule has 1 aliphatic heterocycles. The van der Waals surface area contributed by atoms with Crippen molar-refractivity contribution in [3.63, 3.8) is 0 Å². The lowest BCUT2D eigenvalue weighted by Gasteiger charge is -2.12. The molecule has 2 heterocycles. The zero-order valence-electron chi connectivity index (χ0n) is 13.1. The van der Waals surface area contributed by atoms with E-state index in [2.05, 4.69) is 15.6 Å². The van der Waals surface area contributed by atoms with Crippen LogP contribution in [0.2, 0.25) is 0 Å². The summed E-state index contributed by atoms with van der Waals surface area (Å²) in [5, 5.41) is 5.91. The van der Waals surface area contributed by atoms with Gasteiger partial charge in [0.25, 0.3) is 0 Å². The number of amides is 1. The number of hydrogen-bond acceptors (Lipinski definition) is 5. The second-order valence-electron chi connectivity index (χ2n) is 5.89. The van der Waals surface area contributed by atoms with Crippen LogP contribution in [-0.4, -0.2) is 36.9 Å². The Kier molecular flexibility index (Phi) is 4.80. The van der Waals surface area contributed by atoms with Crippen molar-refractivity contribution in [2.24, 2.45) is 0 Å². The Morgan fingerprint density at radius 1 is 1.17 bits per heavy atom. The van der Waals surface area contributed by atoms with Crippen molar-refractivity contribution in [3.05, 3.63) is 54.2 Å². The largest absolute Gasteiger partial charge is 0.366 e. The van der Waals surface area contributed by atoms with Crippen LogP contribution in [0.3, 0.4) is 0 Å². The number of rotatable bonds is 5. The maximum absolute atomic E-state index is 12.0. The van der Waals surface area contributed by atoms with Crippen LogP contribution in [0.1, 0.15) is 12.0 Å². The predicted molar refractivity (Wildman–Crippen MR) is 93.7 cm³/mol. The lowest BCUT2D eigenvalue weighted by atomic mass is 10.1. The van der Waals surface area contributed by atoms with Gasteiger partial charge in [0.1, 0.15) is 5.82 Å². The topological polar surface area (TPSA) is 88.2 Å². The quantitative estimate of drug-likeness (QED) is 0.863. The van der Waals surface area contributed by atoms with Crippen molar-refractivity contribution in [3.8, 4) is 0 Å². The molecule has 24 heavy (non-hydrogen) atoms. The first kappa shape index (κ1) is 16.4. The van der Waals surface area contributed by atoms with E-state index in [0.29, 0.717) is 24.3 Å². The molecule has 1 aromatic heterocycles. The third kappa shape index (κ3) is 4.55. The van der Waals surface area contributed by atoms with Crippen LogP contribution in [0.25, 0.3) is 0 Å². The number of carbonyl (C=O) groups excluding carboxylic acids is 1. The van der Waals surface area contributed by atoms with E-state index in [0.717, 1.165) is 5.56 Å². The number of carbonyl (C=O) groups is 1. The van der Waals surface area contributed by atoms with Gasteiger partial charge < -0.3 is 10.6 Å². The molecule has 1 saturated heterocycles. The van der Waals surface area contributed by atoms with Gasteiger partial charge in [-0.3, -0.25) is 4.79 Å². The van der Waals surface area contributed by atoms with Crippen LogP contribution in [0.5, 0.6) is 0 Å². The fraction of sp³-hybridized carbons (Fsp3) is 0.294. The Morgan fingerprint density at radius 2 is 1.96 bits per heavy atom. The zero-order valence-corrected chi connectivity index (χ0v) is 13.9. The average molecular weight is 345 g/mol. The molecular weight excluding hydrogens is 326 g/mol. The van der Waals surface area contributed by atoms with E-state index in [-0.39, 0.29) is 23.5 Å². The van der Waals surface area contributed by atoms with E-state index >= 15 is 0 Å². The normalized spacial score (nSPS) is 18.9. The van der Waals surface area contributed by atoms with Crippen LogP contribution in [-0.2, 0) is 21.1 Å². The van der Waals surface area contributed by atoms with Gasteiger partial charge in [-0.2, -0.15) is 0 Å². The molecular formula is C17H19N3O3S. The van der Waals surface area contributed by atoms with Crippen LogP contribution in [0, 0.1) is 0 Å². The summed E-state index contributed by atoms with van der Waals surface area (Å²) in [6, 6.07) is 12.9. The van der Waals surface area contributed by atoms with E-state index in [1.54, 1.807) is 18.3 Å². The summed E-state index contributed by atoms with van der Waals surface area (Å²) < 4.78 is 22.9. The Hall–Kier alpha value is -2.41. The van der Waals surface area contributed by atoms with Gasteiger partial charge in [-0.1, -0.05) is 30.3 Å². The molecule has 126 valence electrons. The van der Waals surface area contributed by atoms with Crippen molar-refractivity contribution in [2.75, 3.05) is 22.1 Å². The van der Waals surface area contributed by atoms with E-state index < -0.39 is 9.84 Å². The second-order valence-corrected chi connectivity index (χ2v) is 8.12. The molecule has 2 N–H and O–H groups in total. The number of benzene rings is 1. The molecule has 7 heteroatoms. The second kappa shape index (κ2) is 7.00. The van der Waals surface area contributed by atoms with Gasteiger partial charge >= 0.3 is 0 Å². The number of hydrogen-bond donors (Lipinski definition) is 2. The van der Waals surface area contributed by atoms with Gasteiger partial charge in [-0.05, 0) is 24.1 Å². The monoisotopic (exact) mass is 345 g/mol. The third-order valence-corrected chi connectivity index (χ3v) is 5.61. The number of nitrogens with one attached hydrogen (secondary N) is 2. The van der Waals surface area contributed by atoms with Crippen molar-refractivity contribution in [1.29, 1.82) is 0 Å². The van der Waals surface area contributed by atoms with E-state index in [9.17, 15) is 13.2 Å². The van der Waals surface area contributed by atoms with Gasteiger partial charge in [-0.25, -0.2) is 13.4 Å². The predicted octanol–water partition coefficient (Wildman–Crippen LogP) is 1.86. The molecule has 6 nitrogen and oxygen atoms in total. The first-order chi connectivity index (χ1) is 11.5. The van der Waals surface area contributed by atoms with Crippen LogP contribution in [0.15, 0.2) is 48.7 Å². The molecule has 3 rings (SSSR count). The Labute approximate surface area is 141 Å². The number of sulfone groups is 1. The minimum Gasteiger partial charge on any atom is -0.366 e. The lowest BCUT2D eigenvalue weighted by Crippen LogP contribution is -2.21. The maximum atomic E-state index is 12.0. The first-order valence-electron chi connectivity index (χ1n) is 7.77. The van der Waals surface area contributed by atoms with Crippen LogP contribution in [0.4, 0.5) is 11.5 Å². The minimum absolute atomic E-state index is 0.0963. The molecule has 2 aromatic rings. The SMILES string of the molecule is O=C(Cc1ccccc1)Nc1ccc(NC2CCS(=O)(=O)C2)nc1. The van der Waals surface area contributed by atoms with Gasteiger partial charge in [-0.15, -0.1) is 0 Å². The summed E-state index contributed by atoms with van der Waals surface area (Å²) in [5.74, 6) is 0.867.